The Morgan fingerprint density at radius 2 is 1.70 bits per heavy atom. The number of urea groups is 1. The van der Waals surface area contributed by atoms with E-state index in [1.54, 1.807) is 26.0 Å². The Kier molecular flexibility index (Phi) is 7.21. The first-order valence-corrected chi connectivity index (χ1v) is 9.43. The Bertz CT molecular complexity index is 664. The van der Waals surface area contributed by atoms with Gasteiger partial charge in [0.25, 0.3) is 0 Å². The van der Waals surface area contributed by atoms with Crippen molar-refractivity contribution in [3.8, 4) is 0 Å². The number of rotatable bonds is 8. The second-order valence-electron chi connectivity index (χ2n) is 7.64. The fraction of sp³-hybridized carbons (Fsp3) is 0.550. The smallest absolute Gasteiger partial charge is 0.319 e. The van der Waals surface area contributed by atoms with Crippen LogP contribution in [0.5, 0.6) is 0 Å². The van der Waals surface area contributed by atoms with Crippen LogP contribution in [0.3, 0.4) is 0 Å². The molecule has 0 aliphatic carbocycles. The number of carboxylic acid groups (broad SMARTS) is 1. The van der Waals surface area contributed by atoms with Gasteiger partial charge in [0.1, 0.15) is 0 Å². The molecule has 1 heterocycles. The molecule has 0 atom stereocenters. The molecule has 1 aromatic rings. The molecular formula is C20H29N3O4. The van der Waals surface area contributed by atoms with Crippen LogP contribution in [0.25, 0.3) is 0 Å². The van der Waals surface area contributed by atoms with Crippen molar-refractivity contribution in [1.29, 1.82) is 0 Å². The van der Waals surface area contributed by atoms with E-state index in [0.29, 0.717) is 24.9 Å². The van der Waals surface area contributed by atoms with Crippen LogP contribution in [0.1, 0.15) is 51.5 Å². The zero-order valence-electron chi connectivity index (χ0n) is 16.1. The molecule has 3 N–H and O–H groups in total. The van der Waals surface area contributed by atoms with E-state index >= 15 is 0 Å². The summed E-state index contributed by atoms with van der Waals surface area (Å²) in [6.45, 7) is 5.32. The van der Waals surface area contributed by atoms with Gasteiger partial charge < -0.3 is 20.6 Å². The summed E-state index contributed by atoms with van der Waals surface area (Å²) in [5.74, 6) is -0.679. The third-order valence-corrected chi connectivity index (χ3v) is 4.71. The lowest BCUT2D eigenvalue weighted by Gasteiger charge is -2.25. The summed E-state index contributed by atoms with van der Waals surface area (Å²) in [7, 11) is 0. The molecule has 1 aliphatic heterocycles. The van der Waals surface area contributed by atoms with Gasteiger partial charge in [0.05, 0.1) is 0 Å². The van der Waals surface area contributed by atoms with Gasteiger partial charge in [-0.15, -0.1) is 0 Å². The molecule has 1 fully saturated rings. The molecule has 0 spiro atoms. The van der Waals surface area contributed by atoms with Crippen molar-refractivity contribution in [3.05, 3.63) is 29.8 Å². The minimum atomic E-state index is -0.885. The van der Waals surface area contributed by atoms with E-state index in [1.807, 2.05) is 17.0 Å². The first-order valence-electron chi connectivity index (χ1n) is 9.43. The molecule has 0 radical (unpaired) electrons. The number of carboxylic acids is 1. The van der Waals surface area contributed by atoms with Gasteiger partial charge in [0.15, 0.2) is 0 Å². The highest BCUT2D eigenvalue weighted by Crippen LogP contribution is 2.15. The van der Waals surface area contributed by atoms with E-state index in [0.717, 1.165) is 31.5 Å². The number of anilines is 1. The predicted octanol–water partition coefficient (Wildman–Crippen LogP) is 3.01. The molecule has 148 valence electrons. The monoisotopic (exact) mass is 375 g/mol. The standard InChI is InChI=1S/C20H29N3O4/c1-20(2,12-11-18(25)26)22-19(27)21-16-8-5-15(6-9-16)7-10-17(24)23-13-3-4-14-23/h5-6,8-9H,3-4,7,10-14H2,1-2H3,(H,25,26)(H2,21,22,27). The minimum absolute atomic E-state index is 0.00186. The maximum Gasteiger partial charge on any atom is 0.319 e. The van der Waals surface area contributed by atoms with Crippen LogP contribution >= 0.6 is 0 Å². The van der Waals surface area contributed by atoms with Gasteiger partial charge in [-0.3, -0.25) is 9.59 Å². The van der Waals surface area contributed by atoms with Crippen LogP contribution in [0.2, 0.25) is 0 Å². The molecule has 0 unspecified atom stereocenters. The molecule has 0 bridgehead atoms. The van der Waals surface area contributed by atoms with Crippen molar-refractivity contribution in [2.75, 3.05) is 18.4 Å². The van der Waals surface area contributed by atoms with Crippen molar-refractivity contribution < 1.29 is 19.5 Å². The van der Waals surface area contributed by atoms with Crippen molar-refractivity contribution in [1.82, 2.24) is 10.2 Å². The maximum atomic E-state index is 12.1. The Labute approximate surface area is 160 Å². The predicted molar refractivity (Wildman–Crippen MR) is 104 cm³/mol. The number of carbonyl (C=O) groups excluding carboxylic acids is 2. The summed E-state index contributed by atoms with van der Waals surface area (Å²) in [6.07, 6.45) is 3.73. The van der Waals surface area contributed by atoms with Crippen LogP contribution in [-0.2, 0) is 16.0 Å². The number of amides is 3. The number of likely N-dealkylation sites (tertiary alicyclic amines) is 1. The van der Waals surface area contributed by atoms with Gasteiger partial charge in [0.2, 0.25) is 5.91 Å². The summed E-state index contributed by atoms with van der Waals surface area (Å²) >= 11 is 0. The molecule has 3 amide bonds. The molecule has 2 rings (SSSR count). The lowest BCUT2D eigenvalue weighted by molar-refractivity contribution is -0.137. The van der Waals surface area contributed by atoms with Crippen molar-refractivity contribution >= 4 is 23.6 Å². The SMILES string of the molecule is CC(C)(CCC(=O)O)NC(=O)Nc1ccc(CCC(=O)N2CCCC2)cc1. The Morgan fingerprint density at radius 1 is 1.07 bits per heavy atom. The number of hydrogen-bond donors (Lipinski definition) is 3. The number of hydrogen-bond acceptors (Lipinski definition) is 3. The molecular weight excluding hydrogens is 346 g/mol. The van der Waals surface area contributed by atoms with Gasteiger partial charge in [-0.05, 0) is 57.2 Å². The van der Waals surface area contributed by atoms with Gasteiger partial charge in [-0.2, -0.15) is 0 Å². The molecule has 0 saturated carbocycles. The number of nitrogens with one attached hydrogen (secondary N) is 2. The zero-order valence-corrected chi connectivity index (χ0v) is 16.1. The molecule has 1 saturated heterocycles. The van der Waals surface area contributed by atoms with E-state index in [4.69, 9.17) is 5.11 Å². The first-order chi connectivity index (χ1) is 12.7. The topological polar surface area (TPSA) is 98.7 Å². The average Bonchev–Trinajstić information content (AvgIpc) is 3.13. The van der Waals surface area contributed by atoms with E-state index in [9.17, 15) is 14.4 Å². The van der Waals surface area contributed by atoms with Gasteiger partial charge in [-0.1, -0.05) is 12.1 Å². The van der Waals surface area contributed by atoms with Crippen LogP contribution in [-0.4, -0.2) is 46.5 Å². The first kappa shape index (κ1) is 20.7. The molecule has 1 aliphatic rings. The third-order valence-electron chi connectivity index (χ3n) is 4.71. The van der Waals surface area contributed by atoms with Gasteiger partial charge in [-0.25, -0.2) is 4.79 Å². The lowest BCUT2D eigenvalue weighted by atomic mass is 9.99. The molecule has 7 nitrogen and oxygen atoms in total. The quantitative estimate of drug-likeness (QED) is 0.650. The molecule has 0 aromatic heterocycles. The highest BCUT2D eigenvalue weighted by atomic mass is 16.4. The fourth-order valence-corrected chi connectivity index (χ4v) is 3.08. The van der Waals surface area contributed by atoms with E-state index in [1.165, 1.54) is 0 Å². The minimum Gasteiger partial charge on any atom is -0.481 e. The Hall–Kier alpha value is -2.57. The normalized spacial score (nSPS) is 14.1. The summed E-state index contributed by atoms with van der Waals surface area (Å²) in [5, 5.41) is 14.3. The van der Waals surface area contributed by atoms with Gasteiger partial charge in [0, 0.05) is 37.2 Å². The highest BCUT2D eigenvalue weighted by Gasteiger charge is 2.21. The molecule has 7 heteroatoms. The van der Waals surface area contributed by atoms with E-state index < -0.39 is 11.5 Å². The van der Waals surface area contributed by atoms with Crippen molar-refractivity contribution in [2.45, 2.75) is 57.9 Å². The molecule has 1 aromatic carbocycles. The van der Waals surface area contributed by atoms with E-state index in [2.05, 4.69) is 10.6 Å². The number of benzene rings is 1. The van der Waals surface area contributed by atoms with E-state index in [-0.39, 0.29) is 18.4 Å². The number of carbonyl (C=O) groups is 3. The maximum absolute atomic E-state index is 12.1. The van der Waals surface area contributed by atoms with Gasteiger partial charge >= 0.3 is 12.0 Å². The largest absolute Gasteiger partial charge is 0.481 e. The fourth-order valence-electron chi connectivity index (χ4n) is 3.08. The van der Waals surface area contributed by atoms with Crippen LogP contribution < -0.4 is 10.6 Å². The number of aryl methyl sites for hydroxylation is 1. The average molecular weight is 375 g/mol. The number of nitrogens with zero attached hydrogens (tertiary/aromatic N) is 1. The van der Waals surface area contributed by atoms with Crippen LogP contribution in [0.4, 0.5) is 10.5 Å². The summed E-state index contributed by atoms with van der Waals surface area (Å²) in [6, 6.07) is 7.05. The van der Waals surface area contributed by atoms with Crippen molar-refractivity contribution in [3.63, 3.8) is 0 Å². The highest BCUT2D eigenvalue weighted by molar-refractivity contribution is 5.89. The Balaban J connectivity index is 1.78. The van der Waals surface area contributed by atoms with Crippen LogP contribution in [0, 0.1) is 0 Å². The summed E-state index contributed by atoms with van der Waals surface area (Å²) in [5.41, 5.74) is 1.09. The van der Waals surface area contributed by atoms with Crippen molar-refractivity contribution in [2.24, 2.45) is 0 Å². The Morgan fingerprint density at radius 3 is 2.30 bits per heavy atom. The second kappa shape index (κ2) is 9.39. The molecule has 27 heavy (non-hydrogen) atoms. The second-order valence-corrected chi connectivity index (χ2v) is 7.64. The number of aliphatic carboxylic acids is 1. The zero-order chi connectivity index (χ0) is 19.9. The summed E-state index contributed by atoms with van der Waals surface area (Å²) < 4.78 is 0. The summed E-state index contributed by atoms with van der Waals surface area (Å²) in [4.78, 5) is 36.8. The van der Waals surface area contributed by atoms with Crippen LogP contribution in [0.15, 0.2) is 24.3 Å². The third kappa shape index (κ3) is 7.29. The lowest BCUT2D eigenvalue weighted by Crippen LogP contribution is -2.45.